The molecule has 0 amide bonds. The highest BCUT2D eigenvalue weighted by molar-refractivity contribution is 5.77. The molecule has 0 aliphatic carbocycles. The van der Waals surface area contributed by atoms with Gasteiger partial charge in [-0.05, 0) is 31.8 Å². The molecule has 1 fully saturated rings. The monoisotopic (exact) mass is 325 g/mol. The minimum absolute atomic E-state index is 0.363. The van der Waals surface area contributed by atoms with Gasteiger partial charge in [0.15, 0.2) is 5.65 Å². The van der Waals surface area contributed by atoms with Crippen LogP contribution in [0.15, 0.2) is 24.7 Å². The number of nitrogen functional groups attached to an aromatic ring is 1. The van der Waals surface area contributed by atoms with E-state index in [1.807, 2.05) is 31.7 Å². The molecule has 0 radical (unpaired) electrons. The first-order chi connectivity index (χ1) is 11.6. The molecule has 1 saturated heterocycles. The van der Waals surface area contributed by atoms with E-state index in [2.05, 4.69) is 22.4 Å². The maximum Gasteiger partial charge on any atom is 0.165 e. The molecule has 4 heterocycles. The van der Waals surface area contributed by atoms with E-state index in [9.17, 15) is 0 Å². The van der Waals surface area contributed by atoms with Crippen molar-refractivity contribution in [1.82, 2.24) is 29.7 Å². The zero-order valence-electron chi connectivity index (χ0n) is 14.1. The first kappa shape index (κ1) is 15.1. The van der Waals surface area contributed by atoms with Crippen molar-refractivity contribution in [2.24, 2.45) is 13.0 Å². The molecule has 7 heteroatoms. The Labute approximate surface area is 140 Å². The maximum absolute atomic E-state index is 6.24. The number of anilines is 1. The molecule has 3 N–H and O–H groups in total. The third-order valence-corrected chi connectivity index (χ3v) is 5.04. The third-order valence-electron chi connectivity index (χ3n) is 5.04. The quantitative estimate of drug-likeness (QED) is 0.767. The number of nitrogens with zero attached hydrogens (tertiary/aromatic N) is 5. The molecule has 7 nitrogen and oxygen atoms in total. The third kappa shape index (κ3) is 2.54. The zero-order valence-corrected chi connectivity index (χ0v) is 14.1. The highest BCUT2D eigenvalue weighted by atomic mass is 15.3. The van der Waals surface area contributed by atoms with Crippen LogP contribution in [0.4, 0.5) is 5.82 Å². The Morgan fingerprint density at radius 1 is 1.33 bits per heavy atom. The van der Waals surface area contributed by atoms with E-state index in [4.69, 9.17) is 10.7 Å². The molecule has 4 rings (SSSR count). The number of rotatable bonds is 3. The average Bonchev–Trinajstić information content (AvgIpc) is 3.21. The Morgan fingerprint density at radius 2 is 2.21 bits per heavy atom. The van der Waals surface area contributed by atoms with Crippen molar-refractivity contribution in [2.75, 3.05) is 18.8 Å². The molecular formula is C17H23N7. The van der Waals surface area contributed by atoms with Crippen molar-refractivity contribution in [3.05, 3.63) is 30.4 Å². The van der Waals surface area contributed by atoms with E-state index >= 15 is 0 Å². The number of piperidine rings is 1. The minimum atomic E-state index is 0.363. The summed E-state index contributed by atoms with van der Waals surface area (Å²) in [7, 11) is 1.90. The smallest absolute Gasteiger partial charge is 0.165 e. The van der Waals surface area contributed by atoms with Crippen LogP contribution in [-0.2, 0) is 7.05 Å². The van der Waals surface area contributed by atoms with E-state index in [1.54, 1.807) is 9.20 Å². The fourth-order valence-electron chi connectivity index (χ4n) is 3.55. The van der Waals surface area contributed by atoms with Crippen molar-refractivity contribution >= 4 is 11.5 Å². The second-order valence-corrected chi connectivity index (χ2v) is 6.70. The average molecular weight is 325 g/mol. The number of fused-ring (bicyclic) bond motifs is 1. The Bertz CT molecular complexity index is 857. The van der Waals surface area contributed by atoms with Crippen molar-refractivity contribution in [3.63, 3.8) is 0 Å². The molecule has 3 aromatic heterocycles. The highest BCUT2D eigenvalue weighted by Crippen LogP contribution is 2.31. The van der Waals surface area contributed by atoms with Crippen LogP contribution < -0.4 is 11.1 Å². The second-order valence-electron chi connectivity index (χ2n) is 6.70. The van der Waals surface area contributed by atoms with E-state index in [-0.39, 0.29) is 0 Å². The molecule has 0 aromatic carbocycles. The zero-order chi connectivity index (χ0) is 16.7. The lowest BCUT2D eigenvalue weighted by atomic mass is 9.85. The van der Waals surface area contributed by atoms with E-state index < -0.39 is 0 Å². The molecule has 1 aliphatic heterocycles. The van der Waals surface area contributed by atoms with Crippen LogP contribution in [0.2, 0.25) is 0 Å². The fraction of sp³-hybridized carbons (Fsp3) is 0.471. The van der Waals surface area contributed by atoms with Crippen molar-refractivity contribution in [1.29, 1.82) is 0 Å². The van der Waals surface area contributed by atoms with Crippen molar-refractivity contribution in [2.45, 2.75) is 25.7 Å². The van der Waals surface area contributed by atoms with Gasteiger partial charge in [-0.1, -0.05) is 6.92 Å². The summed E-state index contributed by atoms with van der Waals surface area (Å²) >= 11 is 0. The van der Waals surface area contributed by atoms with E-state index in [1.165, 1.54) is 12.8 Å². The summed E-state index contributed by atoms with van der Waals surface area (Å²) in [6, 6.07) is 1.96. The topological polar surface area (TPSA) is 86.1 Å². The number of nitrogens with one attached hydrogen (secondary N) is 1. The van der Waals surface area contributed by atoms with Crippen LogP contribution in [0.25, 0.3) is 16.8 Å². The Hall–Kier alpha value is -2.41. The van der Waals surface area contributed by atoms with Crippen LogP contribution >= 0.6 is 0 Å². The Kier molecular flexibility index (Phi) is 3.72. The molecular weight excluding hydrogens is 302 g/mol. The molecule has 24 heavy (non-hydrogen) atoms. The van der Waals surface area contributed by atoms with E-state index in [0.717, 1.165) is 35.6 Å². The summed E-state index contributed by atoms with van der Waals surface area (Å²) in [5.74, 6) is 1.58. The largest absolute Gasteiger partial charge is 0.384 e. The Morgan fingerprint density at radius 3 is 2.92 bits per heavy atom. The highest BCUT2D eigenvalue weighted by Gasteiger charge is 2.24. The molecule has 126 valence electrons. The summed E-state index contributed by atoms with van der Waals surface area (Å²) in [5.41, 5.74) is 10.1. The summed E-state index contributed by atoms with van der Waals surface area (Å²) in [5, 5.41) is 12.1. The number of aromatic nitrogens is 5. The summed E-state index contributed by atoms with van der Waals surface area (Å²) in [4.78, 5) is 4.91. The van der Waals surface area contributed by atoms with Gasteiger partial charge in [0.25, 0.3) is 0 Å². The summed E-state index contributed by atoms with van der Waals surface area (Å²) in [6.45, 7) is 4.41. The summed E-state index contributed by atoms with van der Waals surface area (Å²) in [6.07, 6.45) is 8.06. The predicted molar refractivity (Wildman–Crippen MR) is 93.6 cm³/mol. The number of aryl methyl sites for hydroxylation is 1. The lowest BCUT2D eigenvalue weighted by molar-refractivity contribution is 0.331. The van der Waals surface area contributed by atoms with Gasteiger partial charge < -0.3 is 11.1 Å². The van der Waals surface area contributed by atoms with Gasteiger partial charge in [0.1, 0.15) is 5.82 Å². The van der Waals surface area contributed by atoms with Gasteiger partial charge in [-0.3, -0.25) is 4.68 Å². The molecule has 3 aromatic rings. The van der Waals surface area contributed by atoms with Crippen LogP contribution in [0.3, 0.4) is 0 Å². The van der Waals surface area contributed by atoms with Crippen LogP contribution in [0, 0.1) is 5.92 Å². The second kappa shape index (κ2) is 5.90. The molecule has 0 saturated carbocycles. The standard InChI is InChI=1S/C17H23N7/c1-11(12-4-3-5-19-7-12)15-6-16(18)24-17(22-15)14(9-21-24)13-8-20-23(2)10-13/h6,8-12,19H,3-5,7,18H2,1-2H3. The molecule has 0 spiro atoms. The van der Waals surface area contributed by atoms with E-state index in [0.29, 0.717) is 17.7 Å². The molecule has 1 aliphatic rings. The first-order valence-corrected chi connectivity index (χ1v) is 8.47. The molecule has 2 unspecified atom stereocenters. The predicted octanol–water partition coefficient (Wildman–Crippen LogP) is 1.82. The van der Waals surface area contributed by atoms with Crippen molar-refractivity contribution in [3.8, 4) is 11.1 Å². The summed E-state index contributed by atoms with van der Waals surface area (Å²) < 4.78 is 3.49. The SMILES string of the molecule is CC(c1cc(N)n2ncc(-c3cnn(C)c3)c2n1)C1CCCNC1. The van der Waals surface area contributed by atoms with Gasteiger partial charge in [0.05, 0.1) is 12.4 Å². The van der Waals surface area contributed by atoms with Gasteiger partial charge >= 0.3 is 0 Å². The molecule has 0 bridgehead atoms. The van der Waals surface area contributed by atoms with Gasteiger partial charge in [0, 0.05) is 42.0 Å². The lowest BCUT2D eigenvalue weighted by Gasteiger charge is -2.28. The van der Waals surface area contributed by atoms with Crippen LogP contribution in [0.5, 0.6) is 0 Å². The minimum Gasteiger partial charge on any atom is -0.384 e. The van der Waals surface area contributed by atoms with Crippen LogP contribution in [0.1, 0.15) is 31.4 Å². The number of nitrogens with two attached hydrogens (primary N) is 1. The number of hydrogen-bond donors (Lipinski definition) is 2. The van der Waals surface area contributed by atoms with Crippen LogP contribution in [-0.4, -0.2) is 37.5 Å². The van der Waals surface area contributed by atoms with Gasteiger partial charge in [-0.2, -0.15) is 14.7 Å². The number of hydrogen-bond acceptors (Lipinski definition) is 5. The van der Waals surface area contributed by atoms with Gasteiger partial charge in [-0.15, -0.1) is 0 Å². The Balaban J connectivity index is 1.77. The lowest BCUT2D eigenvalue weighted by Crippen LogP contribution is -2.32. The fourth-order valence-corrected chi connectivity index (χ4v) is 3.55. The van der Waals surface area contributed by atoms with Gasteiger partial charge in [-0.25, -0.2) is 4.98 Å². The first-order valence-electron chi connectivity index (χ1n) is 8.47. The van der Waals surface area contributed by atoms with Gasteiger partial charge in [0.2, 0.25) is 0 Å². The maximum atomic E-state index is 6.24. The normalized spacial score (nSPS) is 19.7. The molecule has 2 atom stereocenters. The van der Waals surface area contributed by atoms with Crippen molar-refractivity contribution < 1.29 is 0 Å².